The highest BCUT2D eigenvalue weighted by molar-refractivity contribution is 4.71. The van der Waals surface area contributed by atoms with E-state index in [1.165, 1.54) is 25.7 Å². The predicted octanol–water partition coefficient (Wildman–Crippen LogP) is 2.65. The Hall–Kier alpha value is 0. The highest BCUT2D eigenvalue weighted by Gasteiger charge is 2.13. The molecule has 0 amide bonds. The van der Waals surface area contributed by atoms with E-state index in [9.17, 15) is 0 Å². The lowest BCUT2D eigenvalue weighted by atomic mass is 9.84. The zero-order valence-electron chi connectivity index (χ0n) is 5.69. The average molecular weight is 111 g/mol. The van der Waals surface area contributed by atoms with E-state index in [0.29, 0.717) is 0 Å². The van der Waals surface area contributed by atoms with Gasteiger partial charge in [0.25, 0.3) is 0 Å². The van der Waals surface area contributed by atoms with Gasteiger partial charge in [-0.05, 0) is 18.3 Å². The van der Waals surface area contributed by atoms with E-state index in [4.69, 9.17) is 0 Å². The van der Waals surface area contributed by atoms with E-state index >= 15 is 0 Å². The highest BCUT2D eigenvalue weighted by atomic mass is 14.2. The van der Waals surface area contributed by atoms with Crippen molar-refractivity contribution >= 4 is 0 Å². The number of hydrogen-bond donors (Lipinski definition) is 0. The average Bonchev–Trinajstić information content (AvgIpc) is 1.64. The molecule has 1 aliphatic carbocycles. The molecule has 0 aromatic rings. The maximum Gasteiger partial charge on any atom is -0.0412 e. The fraction of sp³-hybridized carbons (Fsp3) is 0.875. The molecular formula is C8H15. The minimum atomic E-state index is 0.763. The molecule has 0 N–H and O–H groups in total. The van der Waals surface area contributed by atoms with E-state index < -0.39 is 0 Å². The van der Waals surface area contributed by atoms with Gasteiger partial charge in [0.2, 0.25) is 0 Å². The van der Waals surface area contributed by atoms with Crippen LogP contribution in [0.15, 0.2) is 0 Å². The van der Waals surface area contributed by atoms with Crippen molar-refractivity contribution in [3.63, 3.8) is 0 Å². The lowest BCUT2D eigenvalue weighted by molar-refractivity contribution is 0.323. The van der Waals surface area contributed by atoms with Crippen molar-refractivity contribution in [2.75, 3.05) is 0 Å². The molecule has 0 nitrogen and oxygen atoms in total. The second-order valence-corrected chi connectivity index (χ2v) is 3.14. The molecule has 0 aliphatic heterocycles. The van der Waals surface area contributed by atoms with Crippen molar-refractivity contribution in [3.05, 3.63) is 6.92 Å². The van der Waals surface area contributed by atoms with E-state index in [1.54, 1.807) is 0 Å². The highest BCUT2D eigenvalue weighted by Crippen LogP contribution is 2.27. The molecule has 47 valence electrons. The topological polar surface area (TPSA) is 0 Å². The van der Waals surface area contributed by atoms with Crippen molar-refractivity contribution in [3.8, 4) is 0 Å². The van der Waals surface area contributed by atoms with Crippen LogP contribution in [0.4, 0.5) is 0 Å². The molecule has 8 heavy (non-hydrogen) atoms. The van der Waals surface area contributed by atoms with Gasteiger partial charge in [-0.25, -0.2) is 0 Å². The van der Waals surface area contributed by atoms with Gasteiger partial charge in [0, 0.05) is 0 Å². The Bertz CT molecular complexity index is 58.4. The van der Waals surface area contributed by atoms with Crippen molar-refractivity contribution < 1.29 is 0 Å². The quantitative estimate of drug-likeness (QED) is 0.451. The lowest BCUT2D eigenvalue weighted by Gasteiger charge is -2.22. The minimum absolute atomic E-state index is 0.763. The zero-order valence-corrected chi connectivity index (χ0v) is 5.69. The van der Waals surface area contributed by atoms with Crippen molar-refractivity contribution in [1.82, 2.24) is 0 Å². The summed E-state index contributed by atoms with van der Waals surface area (Å²) < 4.78 is 0. The second-order valence-electron chi connectivity index (χ2n) is 3.14. The molecule has 0 heterocycles. The Morgan fingerprint density at radius 2 is 2.12 bits per heavy atom. The summed E-state index contributed by atoms with van der Waals surface area (Å²) in [6.07, 6.45) is 5.58. The monoisotopic (exact) mass is 111 g/mol. The van der Waals surface area contributed by atoms with Gasteiger partial charge in [-0.15, -0.1) is 0 Å². The fourth-order valence-electron chi connectivity index (χ4n) is 1.56. The largest absolute Gasteiger partial charge is 0.0625 e. The second kappa shape index (κ2) is 2.52. The van der Waals surface area contributed by atoms with E-state index in [2.05, 4.69) is 13.8 Å². The van der Waals surface area contributed by atoms with Crippen LogP contribution in [-0.4, -0.2) is 0 Å². The molecule has 2 atom stereocenters. The third-order valence-electron chi connectivity index (χ3n) is 2.04. The van der Waals surface area contributed by atoms with E-state index in [0.717, 1.165) is 11.8 Å². The minimum Gasteiger partial charge on any atom is -0.0625 e. The maximum absolute atomic E-state index is 4.05. The van der Waals surface area contributed by atoms with Crippen LogP contribution in [0.2, 0.25) is 0 Å². The van der Waals surface area contributed by atoms with E-state index in [1.807, 2.05) is 0 Å². The van der Waals surface area contributed by atoms with Crippen LogP contribution in [0.5, 0.6) is 0 Å². The van der Waals surface area contributed by atoms with Gasteiger partial charge in [-0.2, -0.15) is 0 Å². The predicted molar refractivity (Wildman–Crippen MR) is 36.5 cm³/mol. The molecule has 1 rings (SSSR count). The van der Waals surface area contributed by atoms with Crippen LogP contribution < -0.4 is 0 Å². The summed E-state index contributed by atoms with van der Waals surface area (Å²) in [5.74, 6) is 1.71. The molecule has 0 aromatic heterocycles. The van der Waals surface area contributed by atoms with Gasteiger partial charge in [0.15, 0.2) is 0 Å². The van der Waals surface area contributed by atoms with Crippen LogP contribution in [-0.2, 0) is 0 Å². The summed E-state index contributed by atoms with van der Waals surface area (Å²) >= 11 is 0. The molecule has 0 spiro atoms. The first-order valence-electron chi connectivity index (χ1n) is 3.62. The summed E-state index contributed by atoms with van der Waals surface area (Å²) in [6, 6.07) is 0. The van der Waals surface area contributed by atoms with E-state index in [-0.39, 0.29) is 0 Å². The molecule has 1 radical (unpaired) electrons. The molecule has 0 saturated heterocycles. The third kappa shape index (κ3) is 1.50. The van der Waals surface area contributed by atoms with Gasteiger partial charge in [0.1, 0.15) is 0 Å². The zero-order chi connectivity index (χ0) is 5.98. The molecule has 2 unspecified atom stereocenters. The molecule has 0 aromatic carbocycles. The Kier molecular flexibility index (Phi) is 1.93. The molecule has 1 saturated carbocycles. The molecule has 0 bridgehead atoms. The molecular weight excluding hydrogens is 96.1 g/mol. The Morgan fingerprint density at radius 3 is 2.50 bits per heavy atom. The third-order valence-corrected chi connectivity index (χ3v) is 2.04. The first-order chi connectivity index (χ1) is 3.79. The van der Waals surface area contributed by atoms with Gasteiger partial charge >= 0.3 is 0 Å². The Balaban J connectivity index is 2.23. The summed E-state index contributed by atoms with van der Waals surface area (Å²) in [7, 11) is 0. The van der Waals surface area contributed by atoms with Gasteiger partial charge in [0.05, 0.1) is 0 Å². The molecule has 1 fully saturated rings. The fourth-order valence-corrected chi connectivity index (χ4v) is 1.56. The van der Waals surface area contributed by atoms with Crippen molar-refractivity contribution in [1.29, 1.82) is 0 Å². The van der Waals surface area contributed by atoms with Crippen LogP contribution in [0, 0.1) is 18.8 Å². The lowest BCUT2D eigenvalue weighted by Crippen LogP contribution is -2.09. The summed E-state index contributed by atoms with van der Waals surface area (Å²) in [6.45, 7) is 6.38. The van der Waals surface area contributed by atoms with Gasteiger partial charge in [-0.3, -0.25) is 0 Å². The maximum atomic E-state index is 4.05. The SMILES string of the molecule is [CH2]C1CCCC(C)C1. The summed E-state index contributed by atoms with van der Waals surface area (Å²) in [5, 5.41) is 0. The van der Waals surface area contributed by atoms with Crippen LogP contribution in [0.1, 0.15) is 32.6 Å². The Morgan fingerprint density at radius 1 is 1.38 bits per heavy atom. The smallest absolute Gasteiger partial charge is 0.0412 e. The normalized spacial score (nSPS) is 39.8. The van der Waals surface area contributed by atoms with Crippen molar-refractivity contribution in [2.45, 2.75) is 32.6 Å². The number of hydrogen-bond acceptors (Lipinski definition) is 0. The van der Waals surface area contributed by atoms with Crippen LogP contribution in [0.25, 0.3) is 0 Å². The first-order valence-corrected chi connectivity index (χ1v) is 3.62. The molecule has 0 heteroatoms. The standard InChI is InChI=1S/C8H15/c1-7-4-3-5-8(2)6-7/h7-8H,1,3-6H2,2H3. The summed E-state index contributed by atoms with van der Waals surface area (Å²) in [4.78, 5) is 0. The Labute approximate surface area is 52.3 Å². The summed E-state index contributed by atoms with van der Waals surface area (Å²) in [5.41, 5.74) is 0. The van der Waals surface area contributed by atoms with Gasteiger partial charge in [-0.1, -0.05) is 33.1 Å². The van der Waals surface area contributed by atoms with Gasteiger partial charge < -0.3 is 0 Å². The molecule has 1 aliphatic rings. The number of rotatable bonds is 0. The van der Waals surface area contributed by atoms with Crippen LogP contribution in [0.3, 0.4) is 0 Å². The van der Waals surface area contributed by atoms with Crippen LogP contribution >= 0.6 is 0 Å². The first kappa shape index (κ1) is 6.12. The van der Waals surface area contributed by atoms with Crippen molar-refractivity contribution in [2.24, 2.45) is 11.8 Å².